The van der Waals surface area contributed by atoms with E-state index in [0.717, 1.165) is 24.3 Å². The van der Waals surface area contributed by atoms with Gasteiger partial charge in [-0.15, -0.1) is 0 Å². The van der Waals surface area contributed by atoms with E-state index >= 15 is 0 Å². The molecule has 3 aliphatic rings. The second-order valence-corrected chi connectivity index (χ2v) is 7.46. The molecule has 3 heterocycles. The van der Waals surface area contributed by atoms with Crippen molar-refractivity contribution in [1.29, 1.82) is 0 Å². The smallest absolute Gasteiger partial charge is 0.0878 e. The van der Waals surface area contributed by atoms with Gasteiger partial charge < -0.3 is 0 Å². The highest BCUT2D eigenvalue weighted by molar-refractivity contribution is 7.87. The Morgan fingerprint density at radius 3 is 2.69 bits per heavy atom. The van der Waals surface area contributed by atoms with Crippen molar-refractivity contribution in [2.45, 2.75) is 29.5 Å². The van der Waals surface area contributed by atoms with E-state index in [1.165, 1.54) is 0 Å². The van der Waals surface area contributed by atoms with Gasteiger partial charge in [0.2, 0.25) is 0 Å². The summed E-state index contributed by atoms with van der Waals surface area (Å²) in [5, 5.41) is 3.88. The van der Waals surface area contributed by atoms with Crippen molar-refractivity contribution in [2.75, 3.05) is 11.5 Å². The summed E-state index contributed by atoms with van der Waals surface area (Å²) < 4.78 is 23.2. The summed E-state index contributed by atoms with van der Waals surface area (Å²) in [5.74, 6) is 2.09. The minimum Gasteiger partial charge on any atom is -0.299 e. The summed E-state index contributed by atoms with van der Waals surface area (Å²) in [7, 11) is -1.35. The normalized spacial score (nSPS) is 59.4. The van der Waals surface area contributed by atoms with Crippen molar-refractivity contribution in [3.05, 3.63) is 0 Å². The van der Waals surface area contributed by atoms with E-state index in [4.69, 9.17) is 0 Å². The van der Waals surface area contributed by atoms with E-state index in [1.807, 2.05) is 0 Å². The predicted molar refractivity (Wildman–Crippen MR) is 53.2 cm³/mol. The Morgan fingerprint density at radius 1 is 1.08 bits per heavy atom. The van der Waals surface area contributed by atoms with Crippen LogP contribution in [0.2, 0.25) is 0 Å². The van der Waals surface area contributed by atoms with Gasteiger partial charge in [-0.3, -0.25) is 13.7 Å². The highest BCUT2D eigenvalue weighted by Gasteiger charge is 2.53. The monoisotopic (exact) mass is 219 g/mol. The number of hydrogen-bond donors (Lipinski definition) is 1. The molecule has 5 heteroatoms. The molecular weight excluding hydrogens is 206 g/mol. The Bertz CT molecular complexity index is 294. The van der Waals surface area contributed by atoms with Crippen molar-refractivity contribution in [3.63, 3.8) is 0 Å². The first-order valence-electron chi connectivity index (χ1n) is 4.78. The molecule has 13 heavy (non-hydrogen) atoms. The molecule has 0 aromatic carbocycles. The largest absolute Gasteiger partial charge is 0.299 e. The van der Waals surface area contributed by atoms with Crippen LogP contribution in [0.4, 0.5) is 0 Å². The zero-order chi connectivity index (χ0) is 9.00. The molecule has 74 valence electrons. The molecule has 0 aromatic rings. The van der Waals surface area contributed by atoms with Crippen LogP contribution >= 0.6 is 0 Å². The van der Waals surface area contributed by atoms with Crippen LogP contribution in [0, 0.1) is 5.92 Å². The molecule has 3 rings (SSSR count). The van der Waals surface area contributed by atoms with Gasteiger partial charge in [0.15, 0.2) is 0 Å². The lowest BCUT2D eigenvalue weighted by atomic mass is 10.0. The molecular formula is C8H13NO2S2. The zero-order valence-electron chi connectivity index (χ0n) is 7.27. The van der Waals surface area contributed by atoms with Crippen LogP contribution in [-0.2, 0) is 21.6 Å². The van der Waals surface area contributed by atoms with Gasteiger partial charge in [0.1, 0.15) is 0 Å². The van der Waals surface area contributed by atoms with Crippen LogP contribution in [-0.4, -0.2) is 36.6 Å². The molecule has 0 saturated carbocycles. The third-order valence-electron chi connectivity index (χ3n) is 3.45. The van der Waals surface area contributed by atoms with Gasteiger partial charge in [-0.25, -0.2) is 0 Å². The summed E-state index contributed by atoms with van der Waals surface area (Å²) in [5.41, 5.74) is 0. The van der Waals surface area contributed by atoms with Crippen LogP contribution < -0.4 is 5.32 Å². The molecule has 3 nitrogen and oxygen atoms in total. The van der Waals surface area contributed by atoms with Crippen LogP contribution in [0.25, 0.3) is 0 Å². The van der Waals surface area contributed by atoms with Crippen molar-refractivity contribution in [2.24, 2.45) is 5.92 Å². The summed E-state index contributed by atoms with van der Waals surface area (Å²) >= 11 is 0. The van der Waals surface area contributed by atoms with Gasteiger partial charge >= 0.3 is 0 Å². The molecule has 0 bridgehead atoms. The second kappa shape index (κ2) is 2.87. The fraction of sp³-hybridized carbons (Fsp3) is 1.00. The lowest BCUT2D eigenvalue weighted by molar-refractivity contribution is 0.555. The van der Waals surface area contributed by atoms with Crippen molar-refractivity contribution in [3.8, 4) is 0 Å². The summed E-state index contributed by atoms with van der Waals surface area (Å²) in [4.78, 5) is 0. The Kier molecular flexibility index (Phi) is 1.89. The fourth-order valence-electron chi connectivity index (χ4n) is 2.87. The summed E-state index contributed by atoms with van der Waals surface area (Å²) in [6, 6.07) is 0.403. The maximum atomic E-state index is 11.7. The molecule has 3 saturated heterocycles. The standard InChI is InChI=1S/C8H13NO2S2/c10-12-4-2-6-7(12)5-1-3-13(11)8(5)9-6/h5-9H,1-4H2. The van der Waals surface area contributed by atoms with Crippen molar-refractivity contribution >= 4 is 21.6 Å². The average Bonchev–Trinajstić information content (AvgIpc) is 2.69. The molecule has 3 fully saturated rings. The number of rotatable bonds is 0. The van der Waals surface area contributed by atoms with E-state index in [0.29, 0.717) is 17.2 Å². The highest BCUT2D eigenvalue weighted by atomic mass is 32.2. The van der Waals surface area contributed by atoms with Gasteiger partial charge in [-0.1, -0.05) is 0 Å². The minimum absolute atomic E-state index is 0.166. The first-order chi connectivity index (χ1) is 6.27. The molecule has 0 radical (unpaired) electrons. The van der Waals surface area contributed by atoms with Gasteiger partial charge in [-0.05, 0) is 12.8 Å². The zero-order valence-corrected chi connectivity index (χ0v) is 8.90. The summed E-state index contributed by atoms with van der Waals surface area (Å²) in [6.07, 6.45) is 2.03. The molecule has 6 atom stereocenters. The van der Waals surface area contributed by atoms with Crippen LogP contribution in [0.5, 0.6) is 0 Å². The molecule has 0 aromatic heterocycles. The average molecular weight is 219 g/mol. The SMILES string of the molecule is O=S1CCC2C1NC1CCS(=O)C12. The molecule has 0 aliphatic carbocycles. The first-order valence-corrected chi connectivity index (χ1v) is 7.54. The Hall–Kier alpha value is 0.260. The summed E-state index contributed by atoms with van der Waals surface area (Å²) in [6.45, 7) is 0. The third kappa shape index (κ3) is 1.10. The maximum Gasteiger partial charge on any atom is 0.0878 e. The van der Waals surface area contributed by atoms with E-state index < -0.39 is 21.6 Å². The molecule has 3 aliphatic heterocycles. The van der Waals surface area contributed by atoms with Gasteiger partial charge in [0.25, 0.3) is 0 Å². The number of fused-ring (bicyclic) bond motifs is 3. The fourth-order valence-corrected chi connectivity index (χ4v) is 6.77. The predicted octanol–water partition coefficient (Wildman–Crippen LogP) is -0.426. The van der Waals surface area contributed by atoms with Crippen molar-refractivity contribution in [1.82, 2.24) is 5.32 Å². The minimum atomic E-state index is -0.698. The van der Waals surface area contributed by atoms with Crippen LogP contribution in [0.1, 0.15) is 12.8 Å². The van der Waals surface area contributed by atoms with E-state index in [2.05, 4.69) is 5.32 Å². The molecule has 1 N–H and O–H groups in total. The topological polar surface area (TPSA) is 46.2 Å². The Balaban J connectivity index is 1.92. The van der Waals surface area contributed by atoms with E-state index in [9.17, 15) is 8.42 Å². The second-order valence-electron chi connectivity index (χ2n) is 4.07. The lowest BCUT2D eigenvalue weighted by Crippen LogP contribution is -2.32. The molecule has 0 amide bonds. The highest BCUT2D eigenvalue weighted by Crippen LogP contribution is 2.39. The lowest BCUT2D eigenvalue weighted by Gasteiger charge is -2.12. The van der Waals surface area contributed by atoms with Gasteiger partial charge in [0.05, 0.1) is 10.6 Å². The first kappa shape index (κ1) is 8.56. The van der Waals surface area contributed by atoms with Crippen molar-refractivity contribution < 1.29 is 8.42 Å². The van der Waals surface area contributed by atoms with Gasteiger partial charge in [0, 0.05) is 45.1 Å². The Labute approximate surface area is 82.6 Å². The quantitative estimate of drug-likeness (QED) is 0.601. The molecule has 0 spiro atoms. The van der Waals surface area contributed by atoms with E-state index in [-0.39, 0.29) is 5.37 Å². The molecule has 6 unspecified atom stereocenters. The maximum absolute atomic E-state index is 11.7. The van der Waals surface area contributed by atoms with Gasteiger partial charge in [-0.2, -0.15) is 0 Å². The Morgan fingerprint density at radius 2 is 1.85 bits per heavy atom. The number of hydrogen-bond acceptors (Lipinski definition) is 3. The number of nitrogens with one attached hydrogen (secondary N) is 1. The van der Waals surface area contributed by atoms with Crippen LogP contribution in [0.15, 0.2) is 0 Å². The third-order valence-corrected chi connectivity index (χ3v) is 7.07. The van der Waals surface area contributed by atoms with Crippen LogP contribution in [0.3, 0.4) is 0 Å². The van der Waals surface area contributed by atoms with E-state index in [1.54, 1.807) is 0 Å².